The molecule has 3 aromatic carbocycles. The lowest BCUT2D eigenvalue weighted by atomic mass is 10.0. The smallest absolute Gasteiger partial charge is 0.274 e. The van der Waals surface area contributed by atoms with Crippen LogP contribution in [0.25, 0.3) is 10.8 Å². The summed E-state index contributed by atoms with van der Waals surface area (Å²) in [4.78, 5) is 23.3. The summed E-state index contributed by atoms with van der Waals surface area (Å²) in [7, 11) is 0. The Balaban J connectivity index is 1.57. The Hall–Kier alpha value is -3.18. The van der Waals surface area contributed by atoms with Crippen LogP contribution in [0.15, 0.2) is 66.7 Å². The van der Waals surface area contributed by atoms with Crippen LogP contribution in [0.4, 0.5) is 5.69 Å². The number of nitrogens with one attached hydrogen (secondary N) is 2. The van der Waals surface area contributed by atoms with E-state index >= 15 is 0 Å². The van der Waals surface area contributed by atoms with E-state index in [4.69, 9.17) is 5.21 Å². The molecule has 2 amide bonds. The summed E-state index contributed by atoms with van der Waals surface area (Å²) in [6.07, 6.45) is 2.11. The highest BCUT2D eigenvalue weighted by Gasteiger charge is 2.07. The first-order valence-electron chi connectivity index (χ1n) is 7.82. The fourth-order valence-corrected chi connectivity index (χ4v) is 2.54. The molecule has 0 saturated carbocycles. The molecule has 3 aromatic rings. The van der Waals surface area contributed by atoms with E-state index in [-0.39, 0.29) is 5.91 Å². The molecule has 0 aliphatic rings. The molecule has 0 aromatic heterocycles. The third-order valence-corrected chi connectivity index (χ3v) is 3.85. The van der Waals surface area contributed by atoms with Gasteiger partial charge in [0.1, 0.15) is 0 Å². The summed E-state index contributed by atoms with van der Waals surface area (Å²) in [5.74, 6) is -0.812. The van der Waals surface area contributed by atoms with Gasteiger partial charge in [0.15, 0.2) is 0 Å². The monoisotopic (exact) mass is 333 g/mol. The standard InChI is InChI=1S/C20H17N2O3/c23-19(21-18-10-8-16(9-11-18)20(24)22-25)12-6-14-5-7-15-3-1-2-4-17(15)13-14/h1-5,7-13,25H,6H2,(H,21,23)(H,22,24). The van der Waals surface area contributed by atoms with Crippen LogP contribution >= 0.6 is 0 Å². The Morgan fingerprint density at radius 1 is 0.920 bits per heavy atom. The topological polar surface area (TPSA) is 78.4 Å². The van der Waals surface area contributed by atoms with Gasteiger partial charge in [-0.15, -0.1) is 0 Å². The van der Waals surface area contributed by atoms with Crippen molar-refractivity contribution in [3.63, 3.8) is 0 Å². The molecule has 0 atom stereocenters. The number of hydrogen-bond acceptors (Lipinski definition) is 3. The number of hydroxylamine groups is 1. The molecule has 0 aliphatic carbocycles. The highest BCUT2D eigenvalue weighted by atomic mass is 16.5. The molecule has 25 heavy (non-hydrogen) atoms. The van der Waals surface area contributed by atoms with Crippen molar-refractivity contribution in [3.8, 4) is 0 Å². The lowest BCUT2D eigenvalue weighted by Crippen LogP contribution is -2.18. The zero-order chi connectivity index (χ0) is 17.6. The van der Waals surface area contributed by atoms with Crippen LogP contribution in [0.5, 0.6) is 0 Å². The third kappa shape index (κ3) is 4.22. The normalized spacial score (nSPS) is 10.4. The second-order valence-electron chi connectivity index (χ2n) is 5.60. The van der Waals surface area contributed by atoms with Gasteiger partial charge in [0.25, 0.3) is 5.91 Å². The van der Waals surface area contributed by atoms with E-state index in [2.05, 4.69) is 17.4 Å². The molecule has 0 saturated heterocycles. The van der Waals surface area contributed by atoms with Crippen molar-refractivity contribution >= 4 is 28.3 Å². The first-order chi connectivity index (χ1) is 12.2. The Morgan fingerprint density at radius 3 is 2.36 bits per heavy atom. The summed E-state index contributed by atoms with van der Waals surface area (Å²) in [6.45, 7) is 0. The van der Waals surface area contributed by atoms with Gasteiger partial charge < -0.3 is 5.32 Å². The maximum atomic E-state index is 12.0. The van der Waals surface area contributed by atoms with E-state index < -0.39 is 5.91 Å². The molecule has 0 fully saturated rings. The molecule has 0 unspecified atom stereocenters. The number of rotatable bonds is 5. The summed E-state index contributed by atoms with van der Waals surface area (Å²) in [5, 5.41) is 13.6. The van der Waals surface area contributed by atoms with Crippen molar-refractivity contribution < 1.29 is 14.8 Å². The SMILES string of the molecule is O=C([CH]Cc1ccc2ccccc2c1)Nc1ccc(C(=O)NO)cc1. The molecule has 125 valence electrons. The quantitative estimate of drug-likeness (QED) is 0.495. The third-order valence-electron chi connectivity index (χ3n) is 3.85. The molecule has 0 aliphatic heterocycles. The molecule has 5 nitrogen and oxygen atoms in total. The van der Waals surface area contributed by atoms with E-state index in [1.54, 1.807) is 24.0 Å². The van der Waals surface area contributed by atoms with Gasteiger partial charge in [0.05, 0.1) is 6.42 Å². The molecule has 3 rings (SSSR count). The van der Waals surface area contributed by atoms with E-state index in [1.165, 1.54) is 17.5 Å². The van der Waals surface area contributed by atoms with Crippen molar-refractivity contribution in [2.75, 3.05) is 5.32 Å². The Labute approximate surface area is 145 Å². The predicted octanol–water partition coefficient (Wildman–Crippen LogP) is 3.34. The zero-order valence-electron chi connectivity index (χ0n) is 13.4. The molecule has 3 N–H and O–H groups in total. The van der Waals surface area contributed by atoms with Crippen molar-refractivity contribution in [1.82, 2.24) is 5.48 Å². The average molecular weight is 333 g/mol. The predicted molar refractivity (Wildman–Crippen MR) is 96.3 cm³/mol. The second-order valence-corrected chi connectivity index (χ2v) is 5.60. The maximum absolute atomic E-state index is 12.0. The van der Waals surface area contributed by atoms with Gasteiger partial charge in [-0.3, -0.25) is 14.8 Å². The summed E-state index contributed by atoms with van der Waals surface area (Å²) >= 11 is 0. The van der Waals surface area contributed by atoms with E-state index in [1.807, 2.05) is 30.3 Å². The number of hydrogen-bond donors (Lipinski definition) is 3. The van der Waals surface area contributed by atoms with Crippen molar-refractivity contribution in [3.05, 3.63) is 84.3 Å². The van der Waals surface area contributed by atoms with Crippen LogP contribution in [0, 0.1) is 6.42 Å². The first kappa shape index (κ1) is 16.7. The summed E-state index contributed by atoms with van der Waals surface area (Å²) in [6, 6.07) is 20.4. The van der Waals surface area contributed by atoms with Gasteiger partial charge >= 0.3 is 0 Å². The summed E-state index contributed by atoms with van der Waals surface area (Å²) in [5.41, 5.74) is 3.50. The molecular formula is C20H17N2O3. The largest absolute Gasteiger partial charge is 0.326 e. The molecular weight excluding hydrogens is 316 g/mol. The van der Waals surface area contributed by atoms with Crippen LogP contribution in [-0.4, -0.2) is 17.0 Å². The summed E-state index contributed by atoms with van der Waals surface area (Å²) < 4.78 is 0. The van der Waals surface area contributed by atoms with Crippen molar-refractivity contribution in [2.24, 2.45) is 0 Å². The fourth-order valence-electron chi connectivity index (χ4n) is 2.54. The van der Waals surface area contributed by atoms with Crippen molar-refractivity contribution in [1.29, 1.82) is 0 Å². The van der Waals surface area contributed by atoms with Gasteiger partial charge in [-0.25, -0.2) is 5.48 Å². The van der Waals surface area contributed by atoms with E-state index in [0.29, 0.717) is 17.7 Å². The average Bonchev–Trinajstić information content (AvgIpc) is 2.66. The Morgan fingerprint density at radius 2 is 1.64 bits per heavy atom. The lowest BCUT2D eigenvalue weighted by molar-refractivity contribution is -0.113. The fraction of sp³-hybridized carbons (Fsp3) is 0.0500. The van der Waals surface area contributed by atoms with Crippen LogP contribution in [0.3, 0.4) is 0 Å². The molecule has 1 radical (unpaired) electrons. The number of anilines is 1. The van der Waals surface area contributed by atoms with Gasteiger partial charge in [0, 0.05) is 11.3 Å². The van der Waals surface area contributed by atoms with Gasteiger partial charge in [-0.1, -0.05) is 42.5 Å². The first-order valence-corrected chi connectivity index (χ1v) is 7.82. The molecule has 0 spiro atoms. The lowest BCUT2D eigenvalue weighted by Gasteiger charge is -2.07. The van der Waals surface area contributed by atoms with E-state index in [0.717, 1.165) is 10.9 Å². The minimum Gasteiger partial charge on any atom is -0.326 e. The Kier molecular flexibility index (Phi) is 5.06. The molecule has 0 bridgehead atoms. The minimum atomic E-state index is -0.597. The number of carbonyl (C=O) groups is 2. The van der Waals surface area contributed by atoms with Crippen LogP contribution < -0.4 is 10.8 Å². The van der Waals surface area contributed by atoms with Crippen LogP contribution in [0.2, 0.25) is 0 Å². The highest BCUT2D eigenvalue weighted by Crippen LogP contribution is 2.17. The maximum Gasteiger partial charge on any atom is 0.274 e. The second kappa shape index (κ2) is 7.59. The van der Waals surface area contributed by atoms with Crippen LogP contribution in [0.1, 0.15) is 15.9 Å². The molecule has 5 heteroatoms. The number of carbonyl (C=O) groups excluding carboxylic acids is 2. The Bertz CT molecular complexity index is 904. The van der Waals surface area contributed by atoms with Gasteiger partial charge in [0.2, 0.25) is 5.91 Å². The van der Waals surface area contributed by atoms with Crippen molar-refractivity contribution in [2.45, 2.75) is 6.42 Å². The minimum absolute atomic E-state index is 0.215. The zero-order valence-corrected chi connectivity index (χ0v) is 13.4. The van der Waals surface area contributed by atoms with Gasteiger partial charge in [-0.05, 0) is 47.0 Å². The number of fused-ring (bicyclic) bond motifs is 1. The van der Waals surface area contributed by atoms with Gasteiger partial charge in [-0.2, -0.15) is 0 Å². The van der Waals surface area contributed by atoms with E-state index in [9.17, 15) is 9.59 Å². The van der Waals surface area contributed by atoms with Crippen LogP contribution in [-0.2, 0) is 11.2 Å². The molecule has 0 heterocycles. The highest BCUT2D eigenvalue weighted by molar-refractivity contribution is 5.98. The number of amides is 2. The number of benzene rings is 3.